The molecule has 23 heavy (non-hydrogen) atoms. The predicted molar refractivity (Wildman–Crippen MR) is 87.9 cm³/mol. The molecule has 0 bridgehead atoms. The zero-order valence-corrected chi connectivity index (χ0v) is 15.5. The van der Waals surface area contributed by atoms with Gasteiger partial charge in [0.1, 0.15) is 5.54 Å². The van der Waals surface area contributed by atoms with Crippen molar-refractivity contribution in [1.29, 1.82) is 5.26 Å². The molecule has 0 saturated heterocycles. The van der Waals surface area contributed by atoms with E-state index in [-0.39, 0.29) is 23.6 Å². The van der Waals surface area contributed by atoms with Gasteiger partial charge < -0.3 is 14.6 Å². The quantitative estimate of drug-likeness (QED) is 0.680. The summed E-state index contributed by atoms with van der Waals surface area (Å²) >= 11 is 1.18. The van der Waals surface area contributed by atoms with E-state index in [9.17, 15) is 10.1 Å². The van der Waals surface area contributed by atoms with E-state index in [1.165, 1.54) is 16.7 Å². The molecular formula is C15H26N5O2S+. The molecule has 128 valence electrons. The third-order valence-electron chi connectivity index (χ3n) is 3.94. The van der Waals surface area contributed by atoms with E-state index < -0.39 is 5.54 Å². The minimum atomic E-state index is -0.876. The number of hydrogen-bond acceptors (Lipinski definition) is 6. The van der Waals surface area contributed by atoms with Gasteiger partial charge in [0.15, 0.2) is 6.04 Å². The molecule has 1 amide bonds. The van der Waals surface area contributed by atoms with Crippen molar-refractivity contribution >= 4 is 17.7 Å². The molecule has 0 spiro atoms. The fourth-order valence-corrected chi connectivity index (χ4v) is 2.57. The molecule has 0 saturated carbocycles. The summed E-state index contributed by atoms with van der Waals surface area (Å²) in [5.41, 5.74) is -0.876. The molecular weight excluding hydrogens is 314 g/mol. The highest BCUT2D eigenvalue weighted by molar-refractivity contribution is 7.99. The van der Waals surface area contributed by atoms with Gasteiger partial charge in [-0.25, -0.2) is 0 Å². The first-order valence-corrected chi connectivity index (χ1v) is 8.70. The lowest BCUT2D eigenvalue weighted by Crippen LogP contribution is -3.06. The molecule has 2 atom stereocenters. The Bertz CT molecular complexity index is 566. The topological polar surface area (TPSA) is 96.2 Å². The van der Waals surface area contributed by atoms with Crippen LogP contribution in [0.15, 0.2) is 9.64 Å². The minimum absolute atomic E-state index is 0.0184. The zero-order valence-electron chi connectivity index (χ0n) is 14.6. The first-order valence-electron chi connectivity index (χ1n) is 7.72. The molecule has 0 fully saturated rings. The molecule has 1 aromatic rings. The van der Waals surface area contributed by atoms with E-state index in [1.807, 2.05) is 27.9 Å². The highest BCUT2D eigenvalue weighted by Gasteiger charge is 2.30. The Kier molecular flexibility index (Phi) is 7.03. The van der Waals surface area contributed by atoms with Gasteiger partial charge in [-0.15, -0.1) is 10.2 Å². The van der Waals surface area contributed by atoms with E-state index in [2.05, 4.69) is 28.5 Å². The Morgan fingerprint density at radius 1 is 1.48 bits per heavy atom. The highest BCUT2D eigenvalue weighted by atomic mass is 32.2. The van der Waals surface area contributed by atoms with E-state index in [0.717, 1.165) is 6.42 Å². The highest BCUT2D eigenvalue weighted by Crippen LogP contribution is 2.20. The molecule has 8 heteroatoms. The van der Waals surface area contributed by atoms with Crippen LogP contribution in [0.4, 0.5) is 0 Å². The van der Waals surface area contributed by atoms with Crippen LogP contribution in [-0.4, -0.2) is 41.5 Å². The largest absolute Gasteiger partial charge is 0.410 e. The number of quaternary nitrogens is 1. The molecule has 0 aliphatic carbocycles. The summed E-state index contributed by atoms with van der Waals surface area (Å²) in [6, 6.07) is 2.30. The van der Waals surface area contributed by atoms with Crippen molar-refractivity contribution in [1.82, 2.24) is 15.5 Å². The van der Waals surface area contributed by atoms with E-state index in [0.29, 0.717) is 11.1 Å². The van der Waals surface area contributed by atoms with Gasteiger partial charge in [-0.3, -0.25) is 4.79 Å². The molecule has 1 heterocycles. The van der Waals surface area contributed by atoms with Crippen LogP contribution in [0, 0.1) is 17.2 Å². The Morgan fingerprint density at radius 3 is 2.61 bits per heavy atom. The Balaban J connectivity index is 2.61. The smallest absolute Gasteiger partial charge is 0.277 e. The van der Waals surface area contributed by atoms with Crippen LogP contribution >= 0.6 is 11.8 Å². The van der Waals surface area contributed by atoms with E-state index in [1.54, 1.807) is 6.92 Å². The first kappa shape index (κ1) is 19.5. The summed E-state index contributed by atoms with van der Waals surface area (Å²) in [6.45, 7) is 7.58. The molecule has 0 aliphatic heterocycles. The van der Waals surface area contributed by atoms with Crippen LogP contribution in [-0.2, 0) is 4.79 Å². The average molecular weight is 340 g/mol. The summed E-state index contributed by atoms with van der Waals surface area (Å²) in [6.07, 6.45) is 0.893. The SMILES string of the molecule is CC[C@H](c1nnc(SCC(=O)N[C@@](C)(C#N)C(C)C)o1)[NH+](C)C. The number of nitriles is 1. The van der Waals surface area contributed by atoms with Crippen molar-refractivity contribution < 1.29 is 14.1 Å². The fraction of sp³-hybridized carbons (Fsp3) is 0.733. The standard InChI is InChI=1S/C15H25N5O2S/c1-7-11(20(5)6)13-18-19-14(22-13)23-8-12(21)17-15(4,9-16)10(2)3/h10-11H,7-8H2,1-6H3,(H,17,21)/p+1/t11-,15+/m1/s1. The van der Waals surface area contributed by atoms with Crippen LogP contribution in [0.2, 0.25) is 0 Å². The molecule has 1 rings (SSSR count). The van der Waals surface area contributed by atoms with Gasteiger partial charge in [-0.1, -0.05) is 32.5 Å². The second-order valence-corrected chi connectivity index (χ2v) is 7.18. The van der Waals surface area contributed by atoms with Gasteiger partial charge in [0.05, 0.1) is 25.9 Å². The summed E-state index contributed by atoms with van der Waals surface area (Å²) < 4.78 is 5.63. The number of rotatable bonds is 8. The molecule has 7 nitrogen and oxygen atoms in total. The number of thioether (sulfide) groups is 1. The lowest BCUT2D eigenvalue weighted by atomic mass is 9.90. The van der Waals surface area contributed by atoms with Crippen LogP contribution in [0.25, 0.3) is 0 Å². The van der Waals surface area contributed by atoms with Crippen LogP contribution in [0.1, 0.15) is 46.0 Å². The molecule has 0 aromatic carbocycles. The minimum Gasteiger partial charge on any atom is -0.410 e. The van der Waals surface area contributed by atoms with E-state index in [4.69, 9.17) is 4.42 Å². The van der Waals surface area contributed by atoms with Crippen molar-refractivity contribution in [2.75, 3.05) is 19.8 Å². The number of carbonyl (C=O) groups is 1. The van der Waals surface area contributed by atoms with Crippen molar-refractivity contribution in [2.24, 2.45) is 5.92 Å². The van der Waals surface area contributed by atoms with Gasteiger partial charge in [0.2, 0.25) is 5.91 Å². The fourth-order valence-electron chi connectivity index (χ4n) is 2.00. The van der Waals surface area contributed by atoms with Gasteiger partial charge in [-0.05, 0) is 12.8 Å². The summed E-state index contributed by atoms with van der Waals surface area (Å²) in [5, 5.41) is 20.4. The first-order chi connectivity index (χ1) is 10.7. The number of nitrogens with one attached hydrogen (secondary N) is 2. The molecule has 2 N–H and O–H groups in total. The lowest BCUT2D eigenvalue weighted by molar-refractivity contribution is -0.894. The molecule has 0 radical (unpaired) electrons. The second kappa shape index (κ2) is 8.31. The number of nitrogens with zero attached hydrogens (tertiary/aromatic N) is 3. The van der Waals surface area contributed by atoms with Crippen molar-refractivity contribution in [3.05, 3.63) is 5.89 Å². The van der Waals surface area contributed by atoms with Crippen LogP contribution < -0.4 is 10.2 Å². The number of aromatic nitrogens is 2. The van der Waals surface area contributed by atoms with Crippen molar-refractivity contribution in [3.63, 3.8) is 0 Å². The average Bonchev–Trinajstić information content (AvgIpc) is 2.93. The van der Waals surface area contributed by atoms with Gasteiger partial charge >= 0.3 is 0 Å². The predicted octanol–water partition coefficient (Wildman–Crippen LogP) is 0.812. The lowest BCUT2D eigenvalue weighted by Gasteiger charge is -2.27. The number of hydrogen-bond donors (Lipinski definition) is 2. The second-order valence-electron chi connectivity index (χ2n) is 6.25. The summed E-state index contributed by atoms with van der Waals surface area (Å²) in [7, 11) is 4.07. The molecule has 1 aromatic heterocycles. The van der Waals surface area contributed by atoms with Crippen molar-refractivity contribution in [3.8, 4) is 6.07 Å². The van der Waals surface area contributed by atoms with Gasteiger partial charge in [0.25, 0.3) is 11.1 Å². The molecule has 0 unspecified atom stereocenters. The van der Waals surface area contributed by atoms with Crippen molar-refractivity contribution in [2.45, 2.75) is 50.9 Å². The van der Waals surface area contributed by atoms with E-state index >= 15 is 0 Å². The Morgan fingerprint density at radius 2 is 2.13 bits per heavy atom. The van der Waals surface area contributed by atoms with Crippen LogP contribution in [0.5, 0.6) is 0 Å². The Hall–Kier alpha value is -1.59. The summed E-state index contributed by atoms with van der Waals surface area (Å²) in [4.78, 5) is 13.2. The maximum atomic E-state index is 12.0. The number of carbonyl (C=O) groups excluding carboxylic acids is 1. The number of amides is 1. The maximum Gasteiger partial charge on any atom is 0.277 e. The van der Waals surface area contributed by atoms with Gasteiger partial charge in [-0.2, -0.15) is 5.26 Å². The normalized spacial score (nSPS) is 15.3. The van der Waals surface area contributed by atoms with Crippen LogP contribution in [0.3, 0.4) is 0 Å². The summed E-state index contributed by atoms with van der Waals surface area (Å²) in [5.74, 6) is 0.513. The zero-order chi connectivity index (χ0) is 17.6. The monoisotopic (exact) mass is 340 g/mol. The molecule has 0 aliphatic rings. The Labute approximate surface area is 141 Å². The third kappa shape index (κ3) is 5.22. The van der Waals surface area contributed by atoms with Gasteiger partial charge in [0, 0.05) is 6.42 Å². The third-order valence-corrected chi connectivity index (χ3v) is 4.76. The maximum absolute atomic E-state index is 12.0.